The van der Waals surface area contributed by atoms with Crippen molar-refractivity contribution in [1.29, 1.82) is 5.26 Å². The molecular formula is C9H7F2NO2S. The van der Waals surface area contributed by atoms with Gasteiger partial charge in [-0.3, -0.25) is 0 Å². The minimum atomic E-state index is -4.12. The maximum atomic E-state index is 13.1. The molecule has 0 saturated heterocycles. The highest BCUT2D eigenvalue weighted by molar-refractivity contribution is 7.92. The fourth-order valence-corrected chi connectivity index (χ4v) is 2.09. The van der Waals surface area contributed by atoms with E-state index in [-0.39, 0.29) is 0 Å². The zero-order valence-electron chi connectivity index (χ0n) is 7.74. The molecule has 0 N–H and O–H groups in total. The first-order chi connectivity index (χ1) is 6.89. The van der Waals surface area contributed by atoms with Crippen molar-refractivity contribution < 1.29 is 17.2 Å². The van der Waals surface area contributed by atoms with Crippen LogP contribution in [-0.4, -0.2) is 13.7 Å². The lowest BCUT2D eigenvalue weighted by Gasteiger charge is -2.06. The van der Waals surface area contributed by atoms with Crippen LogP contribution >= 0.6 is 0 Å². The summed E-state index contributed by atoms with van der Waals surface area (Å²) >= 11 is 0. The molecule has 0 spiro atoms. The van der Waals surface area contributed by atoms with Gasteiger partial charge in [0, 0.05) is 0 Å². The molecule has 0 aliphatic rings. The molecule has 0 amide bonds. The van der Waals surface area contributed by atoms with E-state index in [0.29, 0.717) is 12.1 Å². The van der Waals surface area contributed by atoms with Crippen LogP contribution in [-0.2, 0) is 9.84 Å². The first kappa shape index (κ1) is 11.6. The second-order valence-electron chi connectivity index (χ2n) is 2.89. The fourth-order valence-electron chi connectivity index (χ4n) is 0.955. The lowest BCUT2D eigenvalue weighted by molar-refractivity contribution is 0.551. The third-order valence-corrected chi connectivity index (χ3v) is 3.81. The van der Waals surface area contributed by atoms with Crippen LogP contribution in [0, 0.1) is 23.0 Å². The zero-order chi connectivity index (χ0) is 11.6. The van der Waals surface area contributed by atoms with Crippen LogP contribution < -0.4 is 0 Å². The summed E-state index contributed by atoms with van der Waals surface area (Å²) in [6.45, 7) is 1.11. The third kappa shape index (κ3) is 2.13. The Balaban J connectivity index is 3.41. The van der Waals surface area contributed by atoms with Crippen LogP contribution in [0.5, 0.6) is 0 Å². The number of nitrogens with zero attached hydrogens (tertiary/aromatic N) is 1. The monoisotopic (exact) mass is 231 g/mol. The molecule has 0 radical (unpaired) electrons. The molecule has 0 bridgehead atoms. The number of nitriles is 1. The van der Waals surface area contributed by atoms with E-state index in [1.807, 2.05) is 0 Å². The highest BCUT2D eigenvalue weighted by Gasteiger charge is 2.26. The predicted molar refractivity (Wildman–Crippen MR) is 48.6 cm³/mol. The van der Waals surface area contributed by atoms with Crippen molar-refractivity contribution in [2.45, 2.75) is 17.1 Å². The molecule has 0 saturated carbocycles. The van der Waals surface area contributed by atoms with Crippen molar-refractivity contribution in [3.63, 3.8) is 0 Å². The molecule has 3 nitrogen and oxygen atoms in total. The number of sulfone groups is 1. The SMILES string of the molecule is CC(C#N)S(=O)(=O)c1cc(F)ccc1F. The molecule has 1 aromatic rings. The van der Waals surface area contributed by atoms with E-state index < -0.39 is 31.6 Å². The molecule has 15 heavy (non-hydrogen) atoms. The van der Waals surface area contributed by atoms with E-state index in [1.165, 1.54) is 6.07 Å². The second-order valence-corrected chi connectivity index (χ2v) is 5.13. The molecule has 6 heteroatoms. The number of rotatable bonds is 2. The lowest BCUT2D eigenvalue weighted by atomic mass is 10.3. The Morgan fingerprint density at radius 1 is 1.40 bits per heavy atom. The van der Waals surface area contributed by atoms with E-state index >= 15 is 0 Å². The fraction of sp³-hybridized carbons (Fsp3) is 0.222. The molecule has 0 aliphatic carbocycles. The molecule has 1 rings (SSSR count). The molecule has 80 valence electrons. The normalized spacial score (nSPS) is 13.2. The van der Waals surface area contributed by atoms with Crippen molar-refractivity contribution in [1.82, 2.24) is 0 Å². The minimum Gasteiger partial charge on any atom is -0.222 e. The molecule has 0 heterocycles. The first-order valence-corrected chi connectivity index (χ1v) is 5.53. The van der Waals surface area contributed by atoms with Crippen molar-refractivity contribution in [2.24, 2.45) is 0 Å². The summed E-state index contributed by atoms with van der Waals surface area (Å²) in [6.07, 6.45) is 0. The molecule has 1 aromatic carbocycles. The summed E-state index contributed by atoms with van der Waals surface area (Å²) in [7, 11) is -4.12. The topological polar surface area (TPSA) is 57.9 Å². The Morgan fingerprint density at radius 2 is 2.00 bits per heavy atom. The Morgan fingerprint density at radius 3 is 2.53 bits per heavy atom. The van der Waals surface area contributed by atoms with Crippen LogP contribution in [0.4, 0.5) is 8.78 Å². The van der Waals surface area contributed by atoms with Crippen LogP contribution in [0.3, 0.4) is 0 Å². The van der Waals surface area contributed by atoms with E-state index in [9.17, 15) is 17.2 Å². The Bertz CT molecular complexity index is 519. The van der Waals surface area contributed by atoms with Gasteiger partial charge in [-0.15, -0.1) is 0 Å². The highest BCUT2D eigenvalue weighted by atomic mass is 32.2. The molecule has 1 unspecified atom stereocenters. The average molecular weight is 231 g/mol. The largest absolute Gasteiger partial charge is 0.222 e. The molecule has 0 aliphatic heterocycles. The smallest absolute Gasteiger partial charge is 0.197 e. The van der Waals surface area contributed by atoms with E-state index in [4.69, 9.17) is 5.26 Å². The number of hydrogen-bond acceptors (Lipinski definition) is 3. The van der Waals surface area contributed by atoms with E-state index in [0.717, 1.165) is 13.0 Å². The van der Waals surface area contributed by atoms with Crippen molar-refractivity contribution in [2.75, 3.05) is 0 Å². The van der Waals surface area contributed by atoms with Gasteiger partial charge in [0.25, 0.3) is 0 Å². The van der Waals surface area contributed by atoms with Gasteiger partial charge in [0.05, 0.1) is 6.07 Å². The van der Waals surface area contributed by atoms with E-state index in [1.54, 1.807) is 0 Å². The molecular weight excluding hydrogens is 224 g/mol. The molecule has 1 atom stereocenters. The van der Waals surface area contributed by atoms with Gasteiger partial charge < -0.3 is 0 Å². The molecule has 0 aromatic heterocycles. The number of benzene rings is 1. The van der Waals surface area contributed by atoms with Crippen LogP contribution in [0.15, 0.2) is 23.1 Å². The van der Waals surface area contributed by atoms with Crippen LogP contribution in [0.25, 0.3) is 0 Å². The predicted octanol–water partition coefficient (Wildman–Crippen LogP) is 1.65. The molecule has 0 fully saturated rings. The van der Waals surface area contributed by atoms with Gasteiger partial charge in [0.15, 0.2) is 9.84 Å². The second kappa shape index (κ2) is 3.95. The first-order valence-electron chi connectivity index (χ1n) is 3.98. The quantitative estimate of drug-likeness (QED) is 0.777. The van der Waals surface area contributed by atoms with Crippen molar-refractivity contribution in [3.8, 4) is 6.07 Å². The minimum absolute atomic E-state index is 0.568. The lowest BCUT2D eigenvalue weighted by Crippen LogP contribution is -2.17. The van der Waals surface area contributed by atoms with Gasteiger partial charge >= 0.3 is 0 Å². The van der Waals surface area contributed by atoms with Gasteiger partial charge in [0.2, 0.25) is 0 Å². The Kier molecular flexibility index (Phi) is 3.05. The van der Waals surface area contributed by atoms with Gasteiger partial charge in [-0.1, -0.05) is 0 Å². The van der Waals surface area contributed by atoms with E-state index in [2.05, 4.69) is 0 Å². The van der Waals surface area contributed by atoms with Gasteiger partial charge in [-0.25, -0.2) is 17.2 Å². The summed E-state index contributed by atoms with van der Waals surface area (Å²) in [5, 5.41) is 7.04. The summed E-state index contributed by atoms with van der Waals surface area (Å²) < 4.78 is 48.9. The van der Waals surface area contributed by atoms with Crippen LogP contribution in [0.2, 0.25) is 0 Å². The van der Waals surface area contributed by atoms with Gasteiger partial charge in [-0.05, 0) is 25.1 Å². The van der Waals surface area contributed by atoms with Gasteiger partial charge in [-0.2, -0.15) is 5.26 Å². The highest BCUT2D eigenvalue weighted by Crippen LogP contribution is 2.20. The summed E-state index contributed by atoms with van der Waals surface area (Å²) in [5.41, 5.74) is 0. The number of halogens is 2. The van der Waals surface area contributed by atoms with Crippen LogP contribution in [0.1, 0.15) is 6.92 Å². The average Bonchev–Trinajstić information content (AvgIpc) is 2.20. The Labute approximate surface area is 85.9 Å². The Hall–Kier alpha value is -1.48. The standard InChI is InChI=1S/C9H7F2NO2S/c1-6(5-12)15(13,14)9-4-7(10)2-3-8(9)11/h2-4,6H,1H3. The van der Waals surface area contributed by atoms with Crippen molar-refractivity contribution in [3.05, 3.63) is 29.8 Å². The maximum absolute atomic E-state index is 13.1. The summed E-state index contributed by atoms with van der Waals surface area (Å²) in [4.78, 5) is -0.781. The summed E-state index contributed by atoms with van der Waals surface area (Å²) in [6, 6.07) is 3.57. The zero-order valence-corrected chi connectivity index (χ0v) is 8.55. The maximum Gasteiger partial charge on any atom is 0.197 e. The summed E-state index contributed by atoms with van der Waals surface area (Å²) in [5.74, 6) is -1.92. The number of hydrogen-bond donors (Lipinski definition) is 0. The van der Waals surface area contributed by atoms with Crippen molar-refractivity contribution >= 4 is 9.84 Å². The van der Waals surface area contributed by atoms with Gasteiger partial charge in [0.1, 0.15) is 21.8 Å². The third-order valence-electron chi connectivity index (χ3n) is 1.85.